The zero-order valence-electron chi connectivity index (χ0n) is 14.1. The Morgan fingerprint density at radius 1 is 1.17 bits per heavy atom. The van der Waals surface area contributed by atoms with E-state index in [-0.39, 0.29) is 5.91 Å². The fourth-order valence-corrected chi connectivity index (χ4v) is 2.70. The molecule has 120 valence electrons. The molecule has 0 unspecified atom stereocenters. The van der Waals surface area contributed by atoms with Gasteiger partial charge in [-0.2, -0.15) is 0 Å². The molecule has 0 N–H and O–H groups in total. The van der Waals surface area contributed by atoms with Crippen LogP contribution in [0.5, 0.6) is 0 Å². The molecule has 0 spiro atoms. The standard InChI is InChI=1S/C18H20N2O3/c1-10-6-7-15-13(4)17(22-16(15)12(10)3)18(21)20(5)9-14-8-11(2)23-19-14/h6-8H,9H2,1-5H3. The first-order chi connectivity index (χ1) is 10.9. The smallest absolute Gasteiger partial charge is 0.289 e. The van der Waals surface area contributed by atoms with Crippen LogP contribution in [-0.4, -0.2) is 23.0 Å². The highest BCUT2D eigenvalue weighted by Crippen LogP contribution is 2.30. The van der Waals surface area contributed by atoms with Crippen LogP contribution in [0.15, 0.2) is 27.1 Å². The van der Waals surface area contributed by atoms with Gasteiger partial charge in [0.2, 0.25) is 0 Å². The molecule has 0 aliphatic carbocycles. The Morgan fingerprint density at radius 2 is 1.91 bits per heavy atom. The largest absolute Gasteiger partial charge is 0.450 e. The molecule has 0 atom stereocenters. The normalized spacial score (nSPS) is 11.2. The summed E-state index contributed by atoms with van der Waals surface area (Å²) in [6, 6.07) is 5.88. The Kier molecular flexibility index (Phi) is 3.72. The van der Waals surface area contributed by atoms with Gasteiger partial charge >= 0.3 is 0 Å². The molecular weight excluding hydrogens is 292 g/mol. The van der Waals surface area contributed by atoms with Gasteiger partial charge in [-0.05, 0) is 38.8 Å². The fraction of sp³-hybridized carbons (Fsp3) is 0.333. The minimum Gasteiger partial charge on any atom is -0.450 e. The van der Waals surface area contributed by atoms with E-state index in [1.165, 1.54) is 0 Å². The van der Waals surface area contributed by atoms with E-state index in [4.69, 9.17) is 8.94 Å². The lowest BCUT2D eigenvalue weighted by Gasteiger charge is -2.14. The lowest BCUT2D eigenvalue weighted by Crippen LogP contribution is -2.26. The Morgan fingerprint density at radius 3 is 2.57 bits per heavy atom. The summed E-state index contributed by atoms with van der Waals surface area (Å²) < 4.78 is 10.9. The zero-order valence-corrected chi connectivity index (χ0v) is 14.1. The molecular formula is C18H20N2O3. The number of benzene rings is 1. The summed E-state index contributed by atoms with van der Waals surface area (Å²) in [4.78, 5) is 14.3. The van der Waals surface area contributed by atoms with Crippen LogP contribution in [0.4, 0.5) is 0 Å². The number of fused-ring (bicyclic) bond motifs is 1. The summed E-state index contributed by atoms with van der Waals surface area (Å²) in [7, 11) is 1.73. The summed E-state index contributed by atoms with van der Waals surface area (Å²) >= 11 is 0. The molecule has 2 heterocycles. The van der Waals surface area contributed by atoms with Gasteiger partial charge in [0.25, 0.3) is 5.91 Å². The maximum Gasteiger partial charge on any atom is 0.289 e. The molecule has 23 heavy (non-hydrogen) atoms. The van der Waals surface area contributed by atoms with E-state index in [1.54, 1.807) is 11.9 Å². The zero-order chi connectivity index (χ0) is 16.7. The number of nitrogens with zero attached hydrogens (tertiary/aromatic N) is 2. The molecule has 0 aliphatic rings. The second kappa shape index (κ2) is 5.57. The first-order valence-corrected chi connectivity index (χ1v) is 7.55. The lowest BCUT2D eigenvalue weighted by molar-refractivity contribution is 0.0752. The first kappa shape index (κ1) is 15.3. The molecule has 0 fully saturated rings. The number of carbonyl (C=O) groups excluding carboxylic acids is 1. The highest BCUT2D eigenvalue weighted by Gasteiger charge is 2.22. The molecule has 0 saturated heterocycles. The molecule has 5 heteroatoms. The molecule has 0 aliphatic heterocycles. The Bertz CT molecular complexity index is 889. The number of amides is 1. The third-order valence-electron chi connectivity index (χ3n) is 4.24. The average Bonchev–Trinajstić information content (AvgIpc) is 3.06. The van der Waals surface area contributed by atoms with E-state index < -0.39 is 0 Å². The van der Waals surface area contributed by atoms with Crippen molar-refractivity contribution in [2.45, 2.75) is 34.2 Å². The molecule has 0 radical (unpaired) electrons. The number of hydrogen-bond donors (Lipinski definition) is 0. The van der Waals surface area contributed by atoms with Gasteiger partial charge in [-0.25, -0.2) is 0 Å². The highest BCUT2D eigenvalue weighted by molar-refractivity contribution is 5.99. The van der Waals surface area contributed by atoms with Crippen LogP contribution in [0, 0.1) is 27.7 Å². The van der Waals surface area contributed by atoms with E-state index in [1.807, 2.05) is 39.8 Å². The van der Waals surface area contributed by atoms with Crippen LogP contribution in [0.2, 0.25) is 0 Å². The molecule has 2 aromatic heterocycles. The summed E-state index contributed by atoms with van der Waals surface area (Å²) in [6.45, 7) is 8.17. The summed E-state index contributed by atoms with van der Waals surface area (Å²) in [5, 5.41) is 4.91. The van der Waals surface area contributed by atoms with Crippen molar-refractivity contribution in [2.75, 3.05) is 7.05 Å². The lowest BCUT2D eigenvalue weighted by atomic mass is 10.0. The fourth-order valence-electron chi connectivity index (χ4n) is 2.70. The first-order valence-electron chi connectivity index (χ1n) is 7.55. The van der Waals surface area contributed by atoms with Crippen molar-refractivity contribution in [3.8, 4) is 0 Å². The molecule has 3 aromatic rings. The van der Waals surface area contributed by atoms with Gasteiger partial charge in [-0.3, -0.25) is 4.79 Å². The predicted molar refractivity (Wildman–Crippen MR) is 87.5 cm³/mol. The van der Waals surface area contributed by atoms with Crippen LogP contribution < -0.4 is 0 Å². The van der Waals surface area contributed by atoms with Crippen LogP contribution in [0.3, 0.4) is 0 Å². The summed E-state index contributed by atoms with van der Waals surface area (Å²) in [5.74, 6) is 0.958. The van der Waals surface area contributed by atoms with Gasteiger partial charge in [0.05, 0.1) is 6.54 Å². The monoisotopic (exact) mass is 312 g/mol. The molecule has 3 rings (SSSR count). The second-order valence-corrected chi connectivity index (χ2v) is 6.03. The van der Waals surface area contributed by atoms with E-state index >= 15 is 0 Å². The quantitative estimate of drug-likeness (QED) is 0.735. The summed E-state index contributed by atoms with van der Waals surface area (Å²) in [6.07, 6.45) is 0. The van der Waals surface area contributed by atoms with Gasteiger partial charge in [-0.15, -0.1) is 0 Å². The van der Waals surface area contributed by atoms with Gasteiger partial charge in [-0.1, -0.05) is 17.3 Å². The van der Waals surface area contributed by atoms with Gasteiger partial charge < -0.3 is 13.8 Å². The van der Waals surface area contributed by atoms with Gasteiger partial charge in [0, 0.05) is 24.1 Å². The topological polar surface area (TPSA) is 59.5 Å². The van der Waals surface area contributed by atoms with Crippen LogP contribution >= 0.6 is 0 Å². The van der Waals surface area contributed by atoms with Crippen molar-refractivity contribution in [1.82, 2.24) is 10.1 Å². The number of carbonyl (C=O) groups is 1. The minimum absolute atomic E-state index is 0.156. The molecule has 0 bridgehead atoms. The van der Waals surface area contributed by atoms with Crippen molar-refractivity contribution in [1.29, 1.82) is 0 Å². The second-order valence-electron chi connectivity index (χ2n) is 6.03. The van der Waals surface area contributed by atoms with E-state index in [9.17, 15) is 4.79 Å². The van der Waals surface area contributed by atoms with Crippen molar-refractivity contribution < 1.29 is 13.7 Å². The van der Waals surface area contributed by atoms with E-state index in [0.29, 0.717) is 12.3 Å². The average molecular weight is 312 g/mol. The third-order valence-corrected chi connectivity index (χ3v) is 4.24. The predicted octanol–water partition coefficient (Wildman–Crippen LogP) is 3.93. The Labute approximate surface area is 134 Å². The molecule has 1 aromatic carbocycles. The van der Waals surface area contributed by atoms with Crippen LogP contribution in [-0.2, 0) is 6.54 Å². The van der Waals surface area contributed by atoms with Crippen molar-refractivity contribution in [2.24, 2.45) is 0 Å². The Hall–Kier alpha value is -2.56. The van der Waals surface area contributed by atoms with Crippen LogP contribution in [0.25, 0.3) is 11.0 Å². The van der Waals surface area contributed by atoms with Crippen molar-refractivity contribution in [3.63, 3.8) is 0 Å². The number of hydrogen-bond acceptors (Lipinski definition) is 4. The number of aryl methyl sites for hydroxylation is 4. The maximum absolute atomic E-state index is 12.7. The van der Waals surface area contributed by atoms with E-state index in [0.717, 1.165) is 39.1 Å². The third kappa shape index (κ3) is 2.63. The molecule has 0 saturated carbocycles. The number of rotatable bonds is 3. The van der Waals surface area contributed by atoms with Crippen LogP contribution in [0.1, 0.15) is 38.7 Å². The highest BCUT2D eigenvalue weighted by atomic mass is 16.5. The summed E-state index contributed by atoms with van der Waals surface area (Å²) in [5.41, 5.74) is 4.60. The van der Waals surface area contributed by atoms with Gasteiger partial charge in [0.15, 0.2) is 5.76 Å². The Balaban J connectivity index is 1.94. The number of furan rings is 1. The van der Waals surface area contributed by atoms with Crippen molar-refractivity contribution >= 4 is 16.9 Å². The molecule has 5 nitrogen and oxygen atoms in total. The minimum atomic E-state index is -0.156. The maximum atomic E-state index is 12.7. The SMILES string of the molecule is Cc1cc(CN(C)C(=O)c2oc3c(C)c(C)ccc3c2C)no1. The van der Waals surface area contributed by atoms with E-state index in [2.05, 4.69) is 11.2 Å². The van der Waals surface area contributed by atoms with Gasteiger partial charge in [0.1, 0.15) is 17.0 Å². The molecule has 1 amide bonds. The van der Waals surface area contributed by atoms with Crippen molar-refractivity contribution in [3.05, 3.63) is 52.1 Å². The number of aromatic nitrogens is 1.